The summed E-state index contributed by atoms with van der Waals surface area (Å²) in [5, 5.41) is 3.34. The maximum Gasteiger partial charge on any atom is 0.220 e. The molecule has 3 rings (SSSR count). The van der Waals surface area contributed by atoms with Gasteiger partial charge in [0.15, 0.2) is 0 Å². The van der Waals surface area contributed by atoms with E-state index in [1.807, 2.05) is 0 Å². The Labute approximate surface area is 129 Å². The van der Waals surface area contributed by atoms with Gasteiger partial charge in [-0.15, -0.1) is 0 Å². The van der Waals surface area contributed by atoms with Gasteiger partial charge in [-0.2, -0.15) is 0 Å². The van der Waals surface area contributed by atoms with Crippen molar-refractivity contribution in [3.8, 4) is 0 Å². The van der Waals surface area contributed by atoms with Crippen molar-refractivity contribution in [3.05, 3.63) is 34.6 Å². The van der Waals surface area contributed by atoms with E-state index in [9.17, 15) is 9.18 Å². The van der Waals surface area contributed by atoms with Crippen LogP contribution in [-0.2, 0) is 11.3 Å². The van der Waals surface area contributed by atoms with Crippen molar-refractivity contribution >= 4 is 17.5 Å². The molecule has 2 aliphatic rings. The molecule has 0 saturated carbocycles. The first-order valence-corrected chi connectivity index (χ1v) is 7.96. The van der Waals surface area contributed by atoms with Gasteiger partial charge in [0.25, 0.3) is 0 Å². The number of rotatable bonds is 3. The lowest BCUT2D eigenvalue weighted by molar-refractivity contribution is -0.119. The third-order valence-corrected chi connectivity index (χ3v) is 4.84. The lowest BCUT2D eigenvalue weighted by Gasteiger charge is -2.38. The van der Waals surface area contributed by atoms with Gasteiger partial charge in [-0.25, -0.2) is 4.39 Å². The zero-order valence-electron chi connectivity index (χ0n) is 11.9. The van der Waals surface area contributed by atoms with Crippen LogP contribution in [0.25, 0.3) is 0 Å². The predicted octanol–water partition coefficient (Wildman–Crippen LogP) is 2.97. The molecule has 114 valence electrons. The molecular formula is C16H20ClFN2O. The number of hydrogen-bond acceptors (Lipinski definition) is 2. The van der Waals surface area contributed by atoms with Crippen LogP contribution in [0, 0.1) is 11.7 Å². The number of nitrogens with one attached hydrogen (secondary N) is 1. The Bertz CT molecular complexity index is 537. The normalized spacial score (nSPS) is 26.9. The molecule has 21 heavy (non-hydrogen) atoms. The molecule has 0 spiro atoms. The average Bonchev–Trinajstić information content (AvgIpc) is 2.89. The van der Waals surface area contributed by atoms with Gasteiger partial charge in [-0.05, 0) is 31.5 Å². The fourth-order valence-electron chi connectivity index (χ4n) is 3.52. The van der Waals surface area contributed by atoms with Gasteiger partial charge in [-0.3, -0.25) is 9.69 Å². The van der Waals surface area contributed by atoms with E-state index in [0.717, 1.165) is 25.9 Å². The van der Waals surface area contributed by atoms with E-state index in [0.29, 0.717) is 35.5 Å². The van der Waals surface area contributed by atoms with Crippen LogP contribution < -0.4 is 5.32 Å². The quantitative estimate of drug-likeness (QED) is 0.931. The van der Waals surface area contributed by atoms with Crippen molar-refractivity contribution in [1.82, 2.24) is 10.2 Å². The minimum Gasteiger partial charge on any atom is -0.356 e. The van der Waals surface area contributed by atoms with Crippen LogP contribution >= 0.6 is 11.6 Å². The molecule has 1 amide bonds. The van der Waals surface area contributed by atoms with Crippen molar-refractivity contribution in [2.45, 2.75) is 38.3 Å². The number of hydrogen-bond donors (Lipinski definition) is 1. The molecule has 2 atom stereocenters. The molecule has 5 heteroatoms. The van der Waals surface area contributed by atoms with Gasteiger partial charge >= 0.3 is 0 Å². The first-order valence-electron chi connectivity index (χ1n) is 7.58. The Hall–Kier alpha value is -1.13. The van der Waals surface area contributed by atoms with Crippen LogP contribution in [0.4, 0.5) is 4.39 Å². The largest absolute Gasteiger partial charge is 0.356 e. The molecule has 0 aliphatic carbocycles. The smallest absolute Gasteiger partial charge is 0.220 e. The molecule has 0 bridgehead atoms. The van der Waals surface area contributed by atoms with E-state index < -0.39 is 0 Å². The molecule has 2 fully saturated rings. The van der Waals surface area contributed by atoms with Crippen LogP contribution in [0.2, 0.25) is 5.02 Å². The lowest BCUT2D eigenvalue weighted by atomic mass is 9.89. The molecule has 2 heterocycles. The number of piperidine rings is 1. The molecule has 0 radical (unpaired) electrons. The highest BCUT2D eigenvalue weighted by Gasteiger charge is 2.34. The van der Waals surface area contributed by atoms with Crippen molar-refractivity contribution in [1.29, 1.82) is 0 Å². The van der Waals surface area contributed by atoms with Gasteiger partial charge in [-0.1, -0.05) is 24.1 Å². The molecule has 0 aromatic heterocycles. The Kier molecular flexibility index (Phi) is 4.45. The third-order valence-electron chi connectivity index (χ3n) is 4.61. The average molecular weight is 311 g/mol. The first kappa shape index (κ1) is 14.8. The Morgan fingerprint density at radius 3 is 2.95 bits per heavy atom. The number of benzene rings is 1. The second-order valence-corrected chi connectivity index (χ2v) is 6.47. The first-order chi connectivity index (χ1) is 10.1. The molecule has 1 aromatic carbocycles. The Morgan fingerprint density at radius 1 is 1.38 bits per heavy atom. The van der Waals surface area contributed by atoms with E-state index in [1.165, 1.54) is 12.5 Å². The maximum atomic E-state index is 14.0. The maximum absolute atomic E-state index is 14.0. The topological polar surface area (TPSA) is 32.3 Å². The van der Waals surface area contributed by atoms with Crippen molar-refractivity contribution in [3.63, 3.8) is 0 Å². The fraction of sp³-hybridized carbons (Fsp3) is 0.562. The van der Waals surface area contributed by atoms with E-state index in [2.05, 4.69) is 10.2 Å². The summed E-state index contributed by atoms with van der Waals surface area (Å²) in [5.41, 5.74) is 0.684. The number of carbonyl (C=O) groups is 1. The van der Waals surface area contributed by atoms with Gasteiger partial charge in [0, 0.05) is 42.1 Å². The summed E-state index contributed by atoms with van der Waals surface area (Å²) in [7, 11) is 0. The zero-order chi connectivity index (χ0) is 14.8. The highest BCUT2D eigenvalue weighted by Crippen LogP contribution is 2.29. The van der Waals surface area contributed by atoms with E-state index >= 15 is 0 Å². The lowest BCUT2D eigenvalue weighted by Crippen LogP contribution is -2.44. The SMILES string of the molecule is O=C1CC(C2CCCCN2Cc2ccc(Cl)cc2F)CN1. The van der Waals surface area contributed by atoms with Crippen LogP contribution in [0.5, 0.6) is 0 Å². The summed E-state index contributed by atoms with van der Waals surface area (Å²) in [5.74, 6) is 0.254. The van der Waals surface area contributed by atoms with Gasteiger partial charge in [0.05, 0.1) is 0 Å². The fourth-order valence-corrected chi connectivity index (χ4v) is 3.67. The van der Waals surface area contributed by atoms with Gasteiger partial charge in [0.2, 0.25) is 5.91 Å². The molecule has 1 N–H and O–H groups in total. The van der Waals surface area contributed by atoms with Gasteiger partial charge in [0.1, 0.15) is 5.82 Å². The van der Waals surface area contributed by atoms with Crippen LogP contribution in [-0.4, -0.2) is 29.9 Å². The second-order valence-electron chi connectivity index (χ2n) is 6.04. The van der Waals surface area contributed by atoms with Crippen LogP contribution in [0.1, 0.15) is 31.2 Å². The molecule has 2 aliphatic heterocycles. The highest BCUT2D eigenvalue weighted by atomic mass is 35.5. The summed E-state index contributed by atoms with van der Waals surface area (Å²) in [4.78, 5) is 13.8. The summed E-state index contributed by atoms with van der Waals surface area (Å²) < 4.78 is 14.0. The zero-order valence-corrected chi connectivity index (χ0v) is 12.7. The Balaban J connectivity index is 1.73. The monoisotopic (exact) mass is 310 g/mol. The number of carbonyl (C=O) groups excluding carboxylic acids is 1. The predicted molar refractivity (Wildman–Crippen MR) is 80.6 cm³/mol. The molecule has 2 saturated heterocycles. The van der Waals surface area contributed by atoms with Crippen LogP contribution in [0.15, 0.2) is 18.2 Å². The Morgan fingerprint density at radius 2 is 2.24 bits per heavy atom. The molecular weight excluding hydrogens is 291 g/mol. The number of nitrogens with zero attached hydrogens (tertiary/aromatic N) is 1. The van der Waals surface area contributed by atoms with E-state index in [1.54, 1.807) is 12.1 Å². The van der Waals surface area contributed by atoms with Crippen LogP contribution in [0.3, 0.4) is 0 Å². The summed E-state index contributed by atoms with van der Waals surface area (Å²) >= 11 is 5.81. The molecule has 2 unspecified atom stereocenters. The minimum atomic E-state index is -0.243. The van der Waals surface area contributed by atoms with E-state index in [-0.39, 0.29) is 11.7 Å². The highest BCUT2D eigenvalue weighted by molar-refractivity contribution is 6.30. The molecule has 1 aromatic rings. The van der Waals surface area contributed by atoms with Crippen molar-refractivity contribution in [2.24, 2.45) is 5.92 Å². The number of amides is 1. The summed E-state index contributed by atoms with van der Waals surface area (Å²) in [6.07, 6.45) is 4.02. The third kappa shape index (κ3) is 3.38. The minimum absolute atomic E-state index is 0.142. The van der Waals surface area contributed by atoms with E-state index in [4.69, 9.17) is 11.6 Å². The van der Waals surface area contributed by atoms with Crippen molar-refractivity contribution < 1.29 is 9.18 Å². The number of likely N-dealkylation sites (tertiary alicyclic amines) is 1. The number of halogens is 2. The summed E-state index contributed by atoms with van der Waals surface area (Å²) in [6, 6.07) is 5.24. The van der Waals surface area contributed by atoms with Gasteiger partial charge < -0.3 is 5.32 Å². The molecule has 3 nitrogen and oxygen atoms in total. The summed E-state index contributed by atoms with van der Waals surface area (Å²) in [6.45, 7) is 2.32. The van der Waals surface area contributed by atoms with Crippen molar-refractivity contribution in [2.75, 3.05) is 13.1 Å². The standard InChI is InChI=1S/C16H20ClFN2O/c17-13-5-4-11(14(18)8-13)10-20-6-2-1-3-15(20)12-7-16(21)19-9-12/h4-5,8,12,15H,1-3,6-7,9-10H2,(H,19,21). The second kappa shape index (κ2) is 6.32.